The summed E-state index contributed by atoms with van der Waals surface area (Å²) in [5.41, 5.74) is 5.06. The van der Waals surface area contributed by atoms with Crippen molar-refractivity contribution in [1.82, 2.24) is 5.32 Å². The van der Waals surface area contributed by atoms with Gasteiger partial charge in [-0.05, 0) is 32.7 Å². The molecule has 0 aromatic heterocycles. The number of unbranched alkanes of at least 4 members (excludes halogenated alkanes) is 3. The van der Waals surface area contributed by atoms with Crippen LogP contribution in [0.1, 0.15) is 58.8 Å². The van der Waals surface area contributed by atoms with Crippen LogP contribution in [0.3, 0.4) is 0 Å². The number of amides is 1. The summed E-state index contributed by atoms with van der Waals surface area (Å²) in [5, 5.41) is 3.46. The molecule has 3 heteroatoms. The van der Waals surface area contributed by atoms with Crippen molar-refractivity contribution in [1.29, 1.82) is 0 Å². The van der Waals surface area contributed by atoms with E-state index in [0.717, 1.165) is 19.4 Å². The Morgan fingerprint density at radius 1 is 1.27 bits per heavy atom. The van der Waals surface area contributed by atoms with E-state index in [4.69, 9.17) is 5.73 Å². The second-order valence-electron chi connectivity index (χ2n) is 4.27. The van der Waals surface area contributed by atoms with Crippen LogP contribution in [0.4, 0.5) is 0 Å². The van der Waals surface area contributed by atoms with Crippen LogP contribution in [0.5, 0.6) is 0 Å². The van der Waals surface area contributed by atoms with Crippen LogP contribution < -0.4 is 11.1 Å². The van der Waals surface area contributed by atoms with Gasteiger partial charge in [-0.2, -0.15) is 0 Å². The molecule has 0 aliphatic rings. The normalized spacial score (nSPS) is 12.7. The zero-order chi connectivity index (χ0) is 11.5. The first-order chi connectivity index (χ1) is 7.16. The number of nitrogens with two attached hydrogens (primary N) is 1. The molecule has 0 bridgehead atoms. The van der Waals surface area contributed by atoms with E-state index in [1.54, 1.807) is 0 Å². The molecule has 0 aromatic carbocycles. The van der Waals surface area contributed by atoms with E-state index in [2.05, 4.69) is 19.2 Å². The molecule has 3 N–H and O–H groups in total. The molecule has 0 aliphatic carbocycles. The monoisotopic (exact) mass is 214 g/mol. The predicted octanol–water partition coefficient (Wildman–Crippen LogP) is 2.20. The number of carbonyl (C=O) groups excluding carboxylic acids is 1. The molecule has 1 unspecified atom stereocenters. The molecule has 0 radical (unpaired) electrons. The van der Waals surface area contributed by atoms with E-state index < -0.39 is 0 Å². The maximum absolute atomic E-state index is 10.5. The van der Waals surface area contributed by atoms with Crippen LogP contribution >= 0.6 is 0 Å². The predicted molar refractivity (Wildman–Crippen MR) is 64.7 cm³/mol. The Bertz CT molecular complexity index is 160. The summed E-state index contributed by atoms with van der Waals surface area (Å²) in [6.45, 7) is 5.45. The van der Waals surface area contributed by atoms with Crippen molar-refractivity contribution in [3.05, 3.63) is 0 Å². The molecule has 0 rings (SSSR count). The minimum atomic E-state index is -0.189. The topological polar surface area (TPSA) is 55.1 Å². The van der Waals surface area contributed by atoms with E-state index in [9.17, 15) is 4.79 Å². The fraction of sp³-hybridized carbons (Fsp3) is 0.917. The molecule has 90 valence electrons. The molecule has 1 amide bonds. The third-order valence-electron chi connectivity index (χ3n) is 2.58. The van der Waals surface area contributed by atoms with Crippen molar-refractivity contribution >= 4 is 5.91 Å². The van der Waals surface area contributed by atoms with E-state index in [0.29, 0.717) is 12.5 Å². The summed E-state index contributed by atoms with van der Waals surface area (Å²) < 4.78 is 0. The Labute approximate surface area is 93.8 Å². The molecular formula is C12H26N2O. The Morgan fingerprint density at radius 2 is 2.00 bits per heavy atom. The fourth-order valence-electron chi connectivity index (χ4n) is 1.58. The van der Waals surface area contributed by atoms with Gasteiger partial charge >= 0.3 is 0 Å². The standard InChI is InChI=1S/C12H26N2O/c1-3-4-5-8-11(2)14-10-7-6-9-12(13)15/h11,14H,3-10H2,1-2H3,(H2,13,15). The zero-order valence-electron chi connectivity index (χ0n) is 10.2. The van der Waals surface area contributed by atoms with Crippen LogP contribution in [0, 0.1) is 0 Å². The summed E-state index contributed by atoms with van der Waals surface area (Å²) in [6, 6.07) is 0.602. The molecule has 0 fully saturated rings. The number of hydrogen-bond donors (Lipinski definition) is 2. The Hall–Kier alpha value is -0.570. The van der Waals surface area contributed by atoms with Gasteiger partial charge in [-0.25, -0.2) is 0 Å². The zero-order valence-corrected chi connectivity index (χ0v) is 10.2. The van der Waals surface area contributed by atoms with Gasteiger partial charge in [0, 0.05) is 12.5 Å². The maximum Gasteiger partial charge on any atom is 0.217 e. The highest BCUT2D eigenvalue weighted by molar-refractivity contribution is 5.73. The van der Waals surface area contributed by atoms with Gasteiger partial charge in [-0.15, -0.1) is 0 Å². The second kappa shape index (κ2) is 9.97. The van der Waals surface area contributed by atoms with Crippen LogP contribution in [-0.4, -0.2) is 18.5 Å². The molecule has 3 nitrogen and oxygen atoms in total. The second-order valence-corrected chi connectivity index (χ2v) is 4.27. The van der Waals surface area contributed by atoms with Crippen LogP contribution in [0.2, 0.25) is 0 Å². The van der Waals surface area contributed by atoms with Gasteiger partial charge in [0.2, 0.25) is 5.91 Å². The van der Waals surface area contributed by atoms with Gasteiger partial charge in [0.25, 0.3) is 0 Å². The smallest absolute Gasteiger partial charge is 0.217 e. The molecule has 0 spiro atoms. The Balaban J connectivity index is 3.16. The van der Waals surface area contributed by atoms with Crippen molar-refractivity contribution in [3.8, 4) is 0 Å². The van der Waals surface area contributed by atoms with E-state index in [1.807, 2.05) is 0 Å². The van der Waals surface area contributed by atoms with Crippen LogP contribution in [-0.2, 0) is 4.79 Å². The van der Waals surface area contributed by atoms with Crippen molar-refractivity contribution in [3.63, 3.8) is 0 Å². The summed E-state index contributed by atoms with van der Waals surface area (Å²) in [7, 11) is 0. The van der Waals surface area contributed by atoms with Gasteiger partial charge in [-0.1, -0.05) is 26.2 Å². The Morgan fingerprint density at radius 3 is 2.60 bits per heavy atom. The molecule has 1 atom stereocenters. The lowest BCUT2D eigenvalue weighted by molar-refractivity contribution is -0.118. The average molecular weight is 214 g/mol. The van der Waals surface area contributed by atoms with Crippen molar-refractivity contribution in [2.24, 2.45) is 5.73 Å². The van der Waals surface area contributed by atoms with Gasteiger partial charge in [0.15, 0.2) is 0 Å². The number of nitrogens with one attached hydrogen (secondary N) is 1. The maximum atomic E-state index is 10.5. The average Bonchev–Trinajstić information content (AvgIpc) is 2.17. The lowest BCUT2D eigenvalue weighted by Gasteiger charge is -2.12. The number of hydrogen-bond acceptors (Lipinski definition) is 2. The third-order valence-corrected chi connectivity index (χ3v) is 2.58. The van der Waals surface area contributed by atoms with Crippen molar-refractivity contribution < 1.29 is 4.79 Å². The van der Waals surface area contributed by atoms with E-state index in [-0.39, 0.29) is 5.91 Å². The number of carbonyl (C=O) groups is 1. The number of primary amides is 1. The van der Waals surface area contributed by atoms with Gasteiger partial charge in [-0.3, -0.25) is 4.79 Å². The lowest BCUT2D eigenvalue weighted by atomic mass is 10.1. The van der Waals surface area contributed by atoms with E-state index >= 15 is 0 Å². The SMILES string of the molecule is CCCCCC(C)NCCCCC(N)=O. The minimum absolute atomic E-state index is 0.189. The largest absolute Gasteiger partial charge is 0.370 e. The first-order valence-corrected chi connectivity index (χ1v) is 6.18. The summed E-state index contributed by atoms with van der Waals surface area (Å²) in [5.74, 6) is -0.189. The molecule has 0 heterocycles. The summed E-state index contributed by atoms with van der Waals surface area (Å²) in [6.07, 6.45) is 7.64. The van der Waals surface area contributed by atoms with Crippen molar-refractivity contribution in [2.75, 3.05) is 6.54 Å². The minimum Gasteiger partial charge on any atom is -0.370 e. The molecule has 0 saturated heterocycles. The molecule has 0 aliphatic heterocycles. The highest BCUT2D eigenvalue weighted by Gasteiger charge is 2.00. The van der Waals surface area contributed by atoms with Crippen LogP contribution in [0.25, 0.3) is 0 Å². The third kappa shape index (κ3) is 11.4. The first kappa shape index (κ1) is 14.4. The van der Waals surface area contributed by atoms with Crippen LogP contribution in [0.15, 0.2) is 0 Å². The quantitative estimate of drug-likeness (QED) is 0.548. The van der Waals surface area contributed by atoms with E-state index in [1.165, 1.54) is 25.7 Å². The highest BCUT2D eigenvalue weighted by atomic mass is 16.1. The van der Waals surface area contributed by atoms with Gasteiger partial charge in [0.1, 0.15) is 0 Å². The Kier molecular flexibility index (Phi) is 9.59. The fourth-order valence-corrected chi connectivity index (χ4v) is 1.58. The molecule has 0 saturated carbocycles. The molecular weight excluding hydrogens is 188 g/mol. The first-order valence-electron chi connectivity index (χ1n) is 6.18. The molecule has 0 aromatic rings. The van der Waals surface area contributed by atoms with Crippen molar-refractivity contribution in [2.45, 2.75) is 64.8 Å². The summed E-state index contributed by atoms with van der Waals surface area (Å²) >= 11 is 0. The number of rotatable bonds is 10. The lowest BCUT2D eigenvalue weighted by Crippen LogP contribution is -2.27. The molecule has 15 heavy (non-hydrogen) atoms. The highest BCUT2D eigenvalue weighted by Crippen LogP contribution is 2.03. The van der Waals surface area contributed by atoms with Gasteiger partial charge < -0.3 is 11.1 Å². The van der Waals surface area contributed by atoms with Gasteiger partial charge in [0.05, 0.1) is 0 Å². The summed E-state index contributed by atoms with van der Waals surface area (Å²) in [4.78, 5) is 10.5.